The van der Waals surface area contributed by atoms with Gasteiger partial charge in [0.2, 0.25) is 0 Å². The molecule has 2 saturated heterocycles. The number of benzene rings is 1. The molecule has 3 rings (SSSR count). The first-order valence-corrected chi connectivity index (χ1v) is 8.69. The molecule has 2 heterocycles. The summed E-state index contributed by atoms with van der Waals surface area (Å²) in [5, 5.41) is 0.424. The van der Waals surface area contributed by atoms with Crippen molar-refractivity contribution in [2.45, 2.75) is 25.4 Å². The van der Waals surface area contributed by atoms with Crippen molar-refractivity contribution in [1.82, 2.24) is 9.80 Å². The fraction of sp³-hybridized carbons (Fsp3) is 0.588. The number of amides is 1. The molecule has 1 amide bonds. The number of nitrogen functional groups attached to an aromatic ring is 1. The van der Waals surface area contributed by atoms with E-state index in [1.165, 1.54) is 12.8 Å². The monoisotopic (exact) mass is 337 g/mol. The van der Waals surface area contributed by atoms with E-state index in [9.17, 15) is 4.79 Å². The first kappa shape index (κ1) is 16.6. The second-order valence-corrected chi connectivity index (χ2v) is 6.73. The van der Waals surface area contributed by atoms with E-state index in [-0.39, 0.29) is 5.91 Å². The van der Waals surface area contributed by atoms with Crippen LogP contribution in [0.1, 0.15) is 29.6 Å². The third-order valence-electron chi connectivity index (χ3n) is 4.62. The number of halogens is 1. The number of nitrogens with zero attached hydrogens (tertiary/aromatic N) is 2. The van der Waals surface area contributed by atoms with E-state index >= 15 is 0 Å². The molecule has 2 aliphatic rings. The molecule has 2 N–H and O–H groups in total. The summed E-state index contributed by atoms with van der Waals surface area (Å²) in [7, 11) is 0. The van der Waals surface area contributed by atoms with Gasteiger partial charge in [-0.25, -0.2) is 0 Å². The molecule has 0 radical (unpaired) electrons. The van der Waals surface area contributed by atoms with Crippen LogP contribution in [-0.4, -0.2) is 61.1 Å². The average Bonchev–Trinajstić information content (AvgIpc) is 2.56. The maximum atomic E-state index is 12.6. The summed E-state index contributed by atoms with van der Waals surface area (Å²) in [6.07, 6.45) is 3.96. The zero-order valence-corrected chi connectivity index (χ0v) is 14.1. The molecule has 0 bridgehead atoms. The minimum absolute atomic E-state index is 0.0106. The highest BCUT2D eigenvalue weighted by Gasteiger charge is 2.25. The number of ether oxygens (including phenoxy) is 1. The molecule has 6 heteroatoms. The Morgan fingerprint density at radius 2 is 2.04 bits per heavy atom. The molecule has 2 fully saturated rings. The van der Waals surface area contributed by atoms with E-state index < -0.39 is 0 Å². The van der Waals surface area contributed by atoms with Crippen molar-refractivity contribution < 1.29 is 9.53 Å². The molecule has 1 aromatic carbocycles. The highest BCUT2D eigenvalue weighted by Crippen LogP contribution is 2.22. The fourth-order valence-electron chi connectivity index (χ4n) is 3.25. The zero-order chi connectivity index (χ0) is 16.2. The Morgan fingerprint density at radius 3 is 2.70 bits per heavy atom. The van der Waals surface area contributed by atoms with E-state index in [4.69, 9.17) is 22.1 Å². The highest BCUT2D eigenvalue weighted by molar-refractivity contribution is 6.34. The molecule has 1 unspecified atom stereocenters. The van der Waals surface area contributed by atoms with Crippen molar-refractivity contribution in [2.24, 2.45) is 0 Å². The molecule has 0 aliphatic carbocycles. The Labute approximate surface area is 142 Å². The molecular weight excluding hydrogens is 314 g/mol. The molecule has 1 aromatic rings. The SMILES string of the molecule is Nc1ccc(C(=O)N2CCN(CC3CCCCO3)CC2)c(Cl)c1. The van der Waals surface area contributed by atoms with Crippen molar-refractivity contribution in [1.29, 1.82) is 0 Å². The minimum atomic E-state index is -0.0106. The standard InChI is InChI=1S/C17H24ClN3O2/c18-16-11-13(19)4-5-15(16)17(22)21-8-6-20(7-9-21)12-14-3-1-2-10-23-14/h4-5,11,14H,1-3,6-10,12,19H2. The number of carbonyl (C=O) groups is 1. The molecule has 0 aromatic heterocycles. The van der Waals surface area contributed by atoms with Gasteiger partial charge < -0.3 is 15.4 Å². The molecule has 0 saturated carbocycles. The molecule has 5 nitrogen and oxygen atoms in total. The van der Waals surface area contributed by atoms with E-state index in [1.807, 2.05) is 4.90 Å². The lowest BCUT2D eigenvalue weighted by Gasteiger charge is -2.37. The lowest BCUT2D eigenvalue weighted by atomic mass is 10.1. The normalized spacial score (nSPS) is 23.0. The lowest BCUT2D eigenvalue weighted by molar-refractivity contribution is -0.0130. The van der Waals surface area contributed by atoms with Crippen molar-refractivity contribution in [3.05, 3.63) is 28.8 Å². The Bertz CT molecular complexity index is 553. The molecule has 126 valence electrons. The molecule has 1 atom stereocenters. The van der Waals surface area contributed by atoms with Crippen molar-refractivity contribution in [2.75, 3.05) is 45.1 Å². The number of rotatable bonds is 3. The lowest BCUT2D eigenvalue weighted by Crippen LogP contribution is -2.50. The van der Waals surface area contributed by atoms with Crippen LogP contribution in [0.2, 0.25) is 5.02 Å². The van der Waals surface area contributed by atoms with E-state index in [0.717, 1.165) is 45.8 Å². The maximum absolute atomic E-state index is 12.6. The second kappa shape index (κ2) is 7.51. The average molecular weight is 338 g/mol. The largest absolute Gasteiger partial charge is 0.399 e. The highest BCUT2D eigenvalue weighted by atomic mass is 35.5. The van der Waals surface area contributed by atoms with E-state index in [0.29, 0.717) is 22.4 Å². The minimum Gasteiger partial charge on any atom is -0.399 e. The van der Waals surface area contributed by atoms with Crippen LogP contribution in [0, 0.1) is 0 Å². The van der Waals surface area contributed by atoms with Crippen LogP contribution in [0.25, 0.3) is 0 Å². The smallest absolute Gasteiger partial charge is 0.255 e. The topological polar surface area (TPSA) is 58.8 Å². The number of nitrogens with two attached hydrogens (primary N) is 1. The first-order valence-electron chi connectivity index (χ1n) is 8.32. The summed E-state index contributed by atoms with van der Waals surface area (Å²) in [6.45, 7) is 5.10. The number of hydrogen-bond acceptors (Lipinski definition) is 4. The predicted molar refractivity (Wildman–Crippen MR) is 91.8 cm³/mol. The Morgan fingerprint density at radius 1 is 1.26 bits per heavy atom. The molecule has 0 spiro atoms. The van der Waals surface area contributed by atoms with E-state index in [1.54, 1.807) is 18.2 Å². The van der Waals surface area contributed by atoms with Gasteiger partial charge in [-0.05, 0) is 37.5 Å². The predicted octanol–water partition coefficient (Wildman–Crippen LogP) is 2.25. The summed E-state index contributed by atoms with van der Waals surface area (Å²) in [4.78, 5) is 16.8. The number of anilines is 1. The van der Waals surface area contributed by atoms with Gasteiger partial charge in [0.1, 0.15) is 0 Å². The Hall–Kier alpha value is -1.30. The van der Waals surface area contributed by atoms with Crippen LogP contribution >= 0.6 is 11.6 Å². The summed E-state index contributed by atoms with van der Waals surface area (Å²) in [5.41, 5.74) is 6.79. The van der Waals surface area contributed by atoms with Gasteiger partial charge in [0, 0.05) is 45.0 Å². The van der Waals surface area contributed by atoms with Crippen LogP contribution in [0.3, 0.4) is 0 Å². The summed E-state index contributed by atoms with van der Waals surface area (Å²) < 4.78 is 5.80. The van der Waals surface area contributed by atoms with E-state index in [2.05, 4.69) is 4.90 Å². The Kier molecular flexibility index (Phi) is 5.41. The van der Waals surface area contributed by atoms with Crippen LogP contribution in [0.5, 0.6) is 0 Å². The van der Waals surface area contributed by atoms with Gasteiger partial charge in [-0.1, -0.05) is 11.6 Å². The fourth-order valence-corrected chi connectivity index (χ4v) is 3.52. The van der Waals surface area contributed by atoms with Gasteiger partial charge in [0.25, 0.3) is 5.91 Å². The van der Waals surface area contributed by atoms with Gasteiger partial charge in [-0.15, -0.1) is 0 Å². The van der Waals surface area contributed by atoms with Gasteiger partial charge in [0.05, 0.1) is 16.7 Å². The first-order chi connectivity index (χ1) is 11.1. The Balaban J connectivity index is 1.52. The van der Waals surface area contributed by atoms with Gasteiger partial charge >= 0.3 is 0 Å². The summed E-state index contributed by atoms with van der Waals surface area (Å²) in [6, 6.07) is 5.06. The molecule has 2 aliphatic heterocycles. The van der Waals surface area contributed by atoms with Crippen molar-refractivity contribution in [3.63, 3.8) is 0 Å². The number of hydrogen-bond donors (Lipinski definition) is 1. The summed E-state index contributed by atoms with van der Waals surface area (Å²) >= 11 is 6.15. The van der Waals surface area contributed by atoms with Gasteiger partial charge in [0.15, 0.2) is 0 Å². The van der Waals surface area contributed by atoms with Crippen LogP contribution in [0.4, 0.5) is 5.69 Å². The molecular formula is C17H24ClN3O2. The van der Waals surface area contributed by atoms with Crippen LogP contribution in [0.15, 0.2) is 18.2 Å². The van der Waals surface area contributed by atoms with Crippen LogP contribution in [-0.2, 0) is 4.74 Å². The van der Waals surface area contributed by atoms with Crippen molar-refractivity contribution in [3.8, 4) is 0 Å². The van der Waals surface area contributed by atoms with Crippen molar-refractivity contribution >= 4 is 23.2 Å². The summed E-state index contributed by atoms with van der Waals surface area (Å²) in [5.74, 6) is -0.0106. The number of carbonyl (C=O) groups excluding carboxylic acids is 1. The number of piperazine rings is 1. The quantitative estimate of drug-likeness (QED) is 0.859. The second-order valence-electron chi connectivity index (χ2n) is 6.32. The van der Waals surface area contributed by atoms with Crippen LogP contribution < -0.4 is 5.73 Å². The molecule has 23 heavy (non-hydrogen) atoms. The van der Waals surface area contributed by atoms with Gasteiger partial charge in [-0.3, -0.25) is 9.69 Å². The maximum Gasteiger partial charge on any atom is 0.255 e. The zero-order valence-electron chi connectivity index (χ0n) is 13.3. The van der Waals surface area contributed by atoms with Gasteiger partial charge in [-0.2, -0.15) is 0 Å². The third-order valence-corrected chi connectivity index (χ3v) is 4.93. The third kappa shape index (κ3) is 4.16.